The van der Waals surface area contributed by atoms with Crippen LogP contribution in [0.25, 0.3) is 0 Å². The molecule has 164 valence electrons. The van der Waals surface area contributed by atoms with Gasteiger partial charge < -0.3 is 19.9 Å². The molecule has 2 unspecified atom stereocenters. The Morgan fingerprint density at radius 1 is 1.03 bits per heavy atom. The van der Waals surface area contributed by atoms with Crippen molar-refractivity contribution in [3.63, 3.8) is 0 Å². The number of carbonyl (C=O) groups is 2. The highest BCUT2D eigenvalue weighted by Gasteiger charge is 2.46. The SMILES string of the molecule is COCC(=O)N1CC(N(CC2CCCCC2)C2CC2)CC1C(=O)N1CCNCC1. The molecular weight excluding hydrogens is 368 g/mol. The minimum Gasteiger partial charge on any atom is -0.375 e. The lowest BCUT2D eigenvalue weighted by Crippen LogP contribution is -2.53. The molecule has 0 aromatic heterocycles. The minimum absolute atomic E-state index is 0.0445. The van der Waals surface area contributed by atoms with Crippen LogP contribution in [0.15, 0.2) is 0 Å². The zero-order chi connectivity index (χ0) is 20.2. The van der Waals surface area contributed by atoms with Crippen molar-refractivity contribution in [1.29, 1.82) is 0 Å². The smallest absolute Gasteiger partial charge is 0.249 e. The fraction of sp³-hybridized carbons (Fsp3) is 0.909. The molecule has 1 N–H and O–H groups in total. The molecular formula is C22H38N4O3. The molecule has 2 amide bonds. The molecule has 0 spiro atoms. The van der Waals surface area contributed by atoms with Crippen LogP contribution < -0.4 is 5.32 Å². The molecule has 2 saturated heterocycles. The van der Waals surface area contributed by atoms with E-state index in [0.29, 0.717) is 18.6 Å². The van der Waals surface area contributed by atoms with Gasteiger partial charge in [-0.1, -0.05) is 19.3 Å². The number of nitrogens with one attached hydrogen (secondary N) is 1. The second kappa shape index (κ2) is 9.75. The summed E-state index contributed by atoms with van der Waals surface area (Å²) in [6.07, 6.45) is 10.1. The number of piperazine rings is 1. The molecule has 2 aliphatic carbocycles. The maximum atomic E-state index is 13.3. The van der Waals surface area contributed by atoms with E-state index in [-0.39, 0.29) is 24.5 Å². The molecule has 29 heavy (non-hydrogen) atoms. The van der Waals surface area contributed by atoms with Crippen molar-refractivity contribution in [2.75, 3.05) is 53.0 Å². The first-order valence-corrected chi connectivity index (χ1v) is 11.7. The molecule has 2 saturated carbocycles. The third-order valence-corrected chi connectivity index (χ3v) is 7.26. The number of methoxy groups -OCH3 is 1. The summed E-state index contributed by atoms with van der Waals surface area (Å²) in [7, 11) is 1.55. The molecule has 2 aliphatic heterocycles. The van der Waals surface area contributed by atoms with Crippen molar-refractivity contribution in [2.24, 2.45) is 5.92 Å². The standard InChI is InChI=1S/C22H38N4O3/c1-29-16-21(27)26-15-19(13-20(26)22(28)24-11-9-23-10-12-24)25(18-7-8-18)14-17-5-3-2-4-6-17/h17-20,23H,2-16H2,1H3. The van der Waals surface area contributed by atoms with Crippen LogP contribution in [0.1, 0.15) is 51.4 Å². The van der Waals surface area contributed by atoms with Gasteiger partial charge in [0.2, 0.25) is 11.8 Å². The predicted molar refractivity (Wildman–Crippen MR) is 112 cm³/mol. The van der Waals surface area contributed by atoms with Crippen molar-refractivity contribution in [2.45, 2.75) is 69.5 Å². The van der Waals surface area contributed by atoms with Gasteiger partial charge in [0.05, 0.1) is 0 Å². The minimum atomic E-state index is -0.326. The van der Waals surface area contributed by atoms with E-state index in [2.05, 4.69) is 10.2 Å². The summed E-state index contributed by atoms with van der Waals surface area (Å²) < 4.78 is 5.13. The Morgan fingerprint density at radius 2 is 1.76 bits per heavy atom. The second-order valence-electron chi connectivity index (χ2n) is 9.39. The third kappa shape index (κ3) is 5.12. The Hall–Kier alpha value is -1.18. The van der Waals surface area contributed by atoms with Gasteiger partial charge in [-0.05, 0) is 38.0 Å². The third-order valence-electron chi connectivity index (χ3n) is 7.26. The van der Waals surface area contributed by atoms with Crippen LogP contribution >= 0.6 is 0 Å². The number of amides is 2. The fourth-order valence-electron chi connectivity index (χ4n) is 5.54. The number of ether oxygens (including phenoxy) is 1. The summed E-state index contributed by atoms with van der Waals surface area (Å²) >= 11 is 0. The Kier molecular flexibility index (Phi) is 7.08. The molecule has 4 rings (SSSR count). The molecule has 0 aromatic rings. The first kappa shape index (κ1) is 21.1. The highest BCUT2D eigenvalue weighted by Crippen LogP contribution is 2.36. The summed E-state index contributed by atoms with van der Waals surface area (Å²) in [6, 6.07) is 0.643. The molecule has 0 bridgehead atoms. The van der Waals surface area contributed by atoms with Gasteiger partial charge in [0.1, 0.15) is 12.6 Å². The number of nitrogens with zero attached hydrogens (tertiary/aromatic N) is 3. The van der Waals surface area contributed by atoms with Gasteiger partial charge in [0.15, 0.2) is 0 Å². The first-order chi connectivity index (χ1) is 14.2. The second-order valence-corrected chi connectivity index (χ2v) is 9.39. The van der Waals surface area contributed by atoms with Crippen molar-refractivity contribution in [3.8, 4) is 0 Å². The Labute approximate surface area is 175 Å². The van der Waals surface area contributed by atoms with E-state index in [1.165, 1.54) is 44.9 Å². The lowest BCUT2D eigenvalue weighted by molar-refractivity contribution is -0.146. The summed E-state index contributed by atoms with van der Waals surface area (Å²) in [5.74, 6) is 0.874. The lowest BCUT2D eigenvalue weighted by atomic mass is 9.88. The van der Waals surface area contributed by atoms with Crippen LogP contribution in [0, 0.1) is 5.92 Å². The highest BCUT2D eigenvalue weighted by molar-refractivity contribution is 5.89. The van der Waals surface area contributed by atoms with Gasteiger partial charge >= 0.3 is 0 Å². The van der Waals surface area contributed by atoms with Gasteiger partial charge in [-0.15, -0.1) is 0 Å². The van der Waals surface area contributed by atoms with E-state index in [0.717, 1.165) is 45.1 Å². The molecule has 4 aliphatic rings. The van der Waals surface area contributed by atoms with E-state index in [1.54, 1.807) is 7.11 Å². The van der Waals surface area contributed by atoms with Gasteiger partial charge in [-0.3, -0.25) is 14.5 Å². The zero-order valence-electron chi connectivity index (χ0n) is 18.0. The largest absolute Gasteiger partial charge is 0.375 e. The Morgan fingerprint density at radius 3 is 2.41 bits per heavy atom. The summed E-state index contributed by atoms with van der Waals surface area (Å²) in [4.78, 5) is 32.5. The van der Waals surface area contributed by atoms with E-state index < -0.39 is 0 Å². The maximum absolute atomic E-state index is 13.3. The van der Waals surface area contributed by atoms with Gasteiger partial charge in [0.25, 0.3) is 0 Å². The quantitative estimate of drug-likeness (QED) is 0.685. The molecule has 7 nitrogen and oxygen atoms in total. The number of carbonyl (C=O) groups excluding carboxylic acids is 2. The van der Waals surface area contributed by atoms with Crippen LogP contribution in [0.3, 0.4) is 0 Å². The van der Waals surface area contributed by atoms with Crippen molar-refractivity contribution >= 4 is 11.8 Å². The van der Waals surface area contributed by atoms with Crippen LogP contribution in [0.5, 0.6) is 0 Å². The average molecular weight is 407 g/mol. The lowest BCUT2D eigenvalue weighted by Gasteiger charge is -2.34. The summed E-state index contributed by atoms with van der Waals surface area (Å²) in [5.41, 5.74) is 0. The Bertz CT molecular complexity index is 570. The van der Waals surface area contributed by atoms with Crippen LogP contribution in [0.4, 0.5) is 0 Å². The van der Waals surface area contributed by atoms with Crippen LogP contribution in [-0.4, -0.2) is 97.6 Å². The number of hydrogen-bond donors (Lipinski definition) is 1. The van der Waals surface area contributed by atoms with Crippen molar-refractivity contribution in [3.05, 3.63) is 0 Å². The summed E-state index contributed by atoms with van der Waals surface area (Å²) in [6.45, 7) is 5.03. The Balaban J connectivity index is 1.46. The van der Waals surface area contributed by atoms with E-state index in [9.17, 15) is 9.59 Å². The molecule has 4 fully saturated rings. The molecule has 7 heteroatoms. The van der Waals surface area contributed by atoms with E-state index in [4.69, 9.17) is 4.74 Å². The van der Waals surface area contributed by atoms with Gasteiger partial charge in [-0.2, -0.15) is 0 Å². The zero-order valence-corrected chi connectivity index (χ0v) is 18.0. The number of hydrogen-bond acceptors (Lipinski definition) is 5. The van der Waals surface area contributed by atoms with Crippen molar-refractivity contribution in [1.82, 2.24) is 20.0 Å². The number of likely N-dealkylation sites (tertiary alicyclic amines) is 1. The van der Waals surface area contributed by atoms with E-state index in [1.807, 2.05) is 9.80 Å². The maximum Gasteiger partial charge on any atom is 0.249 e. The molecule has 0 aromatic carbocycles. The van der Waals surface area contributed by atoms with Crippen LogP contribution in [-0.2, 0) is 14.3 Å². The highest BCUT2D eigenvalue weighted by atomic mass is 16.5. The van der Waals surface area contributed by atoms with Crippen molar-refractivity contribution < 1.29 is 14.3 Å². The molecule has 0 radical (unpaired) electrons. The topological polar surface area (TPSA) is 65.1 Å². The number of rotatable bonds is 7. The van der Waals surface area contributed by atoms with Gasteiger partial charge in [-0.25, -0.2) is 0 Å². The van der Waals surface area contributed by atoms with E-state index >= 15 is 0 Å². The predicted octanol–water partition coefficient (Wildman–Crippen LogP) is 1.08. The normalized spacial score (nSPS) is 28.9. The summed E-state index contributed by atoms with van der Waals surface area (Å²) in [5, 5.41) is 3.31. The fourth-order valence-corrected chi connectivity index (χ4v) is 5.54. The monoisotopic (exact) mass is 406 g/mol. The van der Waals surface area contributed by atoms with Gasteiger partial charge in [0, 0.05) is 58.5 Å². The average Bonchev–Trinajstić information content (AvgIpc) is 3.50. The first-order valence-electron chi connectivity index (χ1n) is 11.7. The van der Waals surface area contributed by atoms with Crippen LogP contribution in [0.2, 0.25) is 0 Å². The molecule has 2 atom stereocenters. The molecule has 2 heterocycles.